The number of anilines is 1. The summed E-state index contributed by atoms with van der Waals surface area (Å²) in [5, 5.41) is 23.3. The molecule has 26 heavy (non-hydrogen) atoms. The predicted molar refractivity (Wildman–Crippen MR) is 99.3 cm³/mol. The van der Waals surface area contributed by atoms with Gasteiger partial charge in [-0.3, -0.25) is 10.1 Å². The lowest BCUT2D eigenvalue weighted by Crippen LogP contribution is -2.09. The number of carboxylic acid groups (broad SMARTS) is 1. The summed E-state index contributed by atoms with van der Waals surface area (Å²) in [5.74, 6) is -1.21. The molecule has 0 heterocycles. The fourth-order valence-corrected chi connectivity index (χ4v) is 2.69. The van der Waals surface area contributed by atoms with E-state index >= 15 is 0 Å². The van der Waals surface area contributed by atoms with Crippen LogP contribution in [0.1, 0.15) is 15.9 Å². The topological polar surface area (TPSA) is 92.5 Å². The normalized spacial score (nSPS) is 10.3. The number of hydrogen-bond acceptors (Lipinski definition) is 4. The molecule has 6 nitrogen and oxygen atoms in total. The molecule has 2 N–H and O–H groups in total. The minimum Gasteiger partial charge on any atom is -0.478 e. The van der Waals surface area contributed by atoms with Crippen molar-refractivity contribution in [3.05, 3.63) is 94.0 Å². The van der Waals surface area contributed by atoms with E-state index in [1.165, 1.54) is 18.2 Å². The first-order valence-corrected chi connectivity index (χ1v) is 7.95. The molecule has 130 valence electrons. The summed E-state index contributed by atoms with van der Waals surface area (Å²) in [6.45, 7) is 0.278. The molecule has 0 radical (unpaired) electrons. The van der Waals surface area contributed by atoms with E-state index in [-0.39, 0.29) is 23.5 Å². The number of nitro benzene ring substituents is 1. The summed E-state index contributed by atoms with van der Waals surface area (Å²) in [6, 6.07) is 21.6. The number of nitrogens with one attached hydrogen (secondary N) is 1. The summed E-state index contributed by atoms with van der Waals surface area (Å²) in [6.07, 6.45) is 0. The maximum atomic E-state index is 11.3. The van der Waals surface area contributed by atoms with Crippen molar-refractivity contribution in [1.29, 1.82) is 0 Å². The number of rotatable bonds is 6. The number of carboxylic acids is 1. The molecule has 0 fully saturated rings. The van der Waals surface area contributed by atoms with Crippen LogP contribution in [0.25, 0.3) is 11.1 Å². The first kappa shape index (κ1) is 17.2. The Morgan fingerprint density at radius 1 is 0.923 bits per heavy atom. The molecular formula is C20H16N2O4. The molecule has 0 atom stereocenters. The lowest BCUT2D eigenvalue weighted by molar-refractivity contribution is -0.384. The Kier molecular flexibility index (Phi) is 4.94. The van der Waals surface area contributed by atoms with E-state index in [1.54, 1.807) is 0 Å². The molecule has 3 aromatic carbocycles. The number of hydrogen-bond donors (Lipinski definition) is 2. The third kappa shape index (κ3) is 3.70. The standard InChI is InChI=1S/C20H16N2O4/c23-20(24)17-7-4-8-18(22(25)26)19(17)21-13-14-9-11-16(12-10-14)15-5-2-1-3-6-15/h1-12,21H,13H2,(H,23,24). The minimum atomic E-state index is -1.21. The molecule has 0 amide bonds. The third-order valence-corrected chi connectivity index (χ3v) is 4.00. The van der Waals surface area contributed by atoms with Gasteiger partial charge >= 0.3 is 5.97 Å². The predicted octanol–water partition coefficient (Wildman–Crippen LogP) is 4.57. The summed E-state index contributed by atoms with van der Waals surface area (Å²) < 4.78 is 0. The number of aromatic carboxylic acids is 1. The van der Waals surface area contributed by atoms with Gasteiger partial charge in [0.05, 0.1) is 10.5 Å². The number of para-hydroxylation sites is 1. The fraction of sp³-hybridized carbons (Fsp3) is 0.0500. The summed E-state index contributed by atoms with van der Waals surface area (Å²) in [5.41, 5.74) is 2.67. The van der Waals surface area contributed by atoms with Crippen LogP contribution in [-0.2, 0) is 6.54 Å². The second kappa shape index (κ2) is 7.48. The Labute approximate surface area is 149 Å². The highest BCUT2D eigenvalue weighted by Gasteiger charge is 2.20. The molecular weight excluding hydrogens is 332 g/mol. The van der Waals surface area contributed by atoms with Crippen molar-refractivity contribution < 1.29 is 14.8 Å². The molecule has 3 aromatic rings. The maximum Gasteiger partial charge on any atom is 0.338 e. The number of benzene rings is 3. The van der Waals surface area contributed by atoms with Crippen molar-refractivity contribution in [2.75, 3.05) is 5.32 Å². The van der Waals surface area contributed by atoms with Crippen molar-refractivity contribution in [1.82, 2.24) is 0 Å². The Hall–Kier alpha value is -3.67. The second-order valence-corrected chi connectivity index (χ2v) is 5.68. The lowest BCUT2D eigenvalue weighted by Gasteiger charge is -2.11. The van der Waals surface area contributed by atoms with Crippen LogP contribution in [0.4, 0.5) is 11.4 Å². The van der Waals surface area contributed by atoms with Gasteiger partial charge < -0.3 is 10.4 Å². The van der Waals surface area contributed by atoms with E-state index in [0.717, 1.165) is 16.7 Å². The third-order valence-electron chi connectivity index (χ3n) is 4.00. The van der Waals surface area contributed by atoms with Gasteiger partial charge in [0.2, 0.25) is 0 Å². The van der Waals surface area contributed by atoms with E-state index in [1.807, 2.05) is 54.6 Å². The Morgan fingerprint density at radius 2 is 1.58 bits per heavy atom. The van der Waals surface area contributed by atoms with Crippen LogP contribution < -0.4 is 5.32 Å². The molecule has 0 saturated carbocycles. The van der Waals surface area contributed by atoms with E-state index in [9.17, 15) is 20.0 Å². The van der Waals surface area contributed by atoms with Crippen molar-refractivity contribution in [3.63, 3.8) is 0 Å². The number of nitro groups is 1. The molecule has 3 rings (SSSR count). The molecule has 0 saturated heterocycles. The molecule has 0 aliphatic heterocycles. The number of nitrogens with zero attached hydrogens (tertiary/aromatic N) is 1. The van der Waals surface area contributed by atoms with Crippen LogP contribution in [0.15, 0.2) is 72.8 Å². The van der Waals surface area contributed by atoms with Gasteiger partial charge in [-0.2, -0.15) is 0 Å². The van der Waals surface area contributed by atoms with Gasteiger partial charge in [0, 0.05) is 12.6 Å². The summed E-state index contributed by atoms with van der Waals surface area (Å²) >= 11 is 0. The smallest absolute Gasteiger partial charge is 0.338 e. The zero-order valence-electron chi connectivity index (χ0n) is 13.8. The van der Waals surface area contributed by atoms with E-state index < -0.39 is 10.9 Å². The largest absolute Gasteiger partial charge is 0.478 e. The van der Waals surface area contributed by atoms with E-state index in [4.69, 9.17) is 0 Å². The molecule has 6 heteroatoms. The highest BCUT2D eigenvalue weighted by molar-refractivity contribution is 5.96. The first-order valence-electron chi connectivity index (χ1n) is 7.95. The van der Waals surface area contributed by atoms with Gasteiger partial charge in [-0.25, -0.2) is 4.79 Å². The van der Waals surface area contributed by atoms with E-state index in [0.29, 0.717) is 0 Å². The number of carbonyl (C=O) groups is 1. The first-order chi connectivity index (χ1) is 12.6. The summed E-state index contributed by atoms with van der Waals surface area (Å²) in [7, 11) is 0. The summed E-state index contributed by atoms with van der Waals surface area (Å²) in [4.78, 5) is 21.9. The van der Waals surface area contributed by atoms with Crippen LogP contribution in [-0.4, -0.2) is 16.0 Å². The monoisotopic (exact) mass is 348 g/mol. The quantitative estimate of drug-likeness (QED) is 0.503. The Morgan fingerprint density at radius 3 is 2.19 bits per heavy atom. The lowest BCUT2D eigenvalue weighted by atomic mass is 10.0. The molecule has 0 aliphatic carbocycles. The maximum absolute atomic E-state index is 11.3. The van der Waals surface area contributed by atoms with Crippen molar-refractivity contribution >= 4 is 17.3 Å². The van der Waals surface area contributed by atoms with Crippen LogP contribution in [0.5, 0.6) is 0 Å². The van der Waals surface area contributed by atoms with Crippen LogP contribution >= 0.6 is 0 Å². The van der Waals surface area contributed by atoms with Crippen LogP contribution in [0.2, 0.25) is 0 Å². The highest BCUT2D eigenvalue weighted by atomic mass is 16.6. The minimum absolute atomic E-state index is 0.0112. The van der Waals surface area contributed by atoms with Crippen molar-refractivity contribution in [2.24, 2.45) is 0 Å². The zero-order valence-corrected chi connectivity index (χ0v) is 13.8. The van der Waals surface area contributed by atoms with Crippen molar-refractivity contribution in [3.8, 4) is 11.1 Å². The Balaban J connectivity index is 1.81. The molecule has 0 spiro atoms. The second-order valence-electron chi connectivity index (χ2n) is 5.68. The van der Waals surface area contributed by atoms with Gasteiger partial charge in [-0.05, 0) is 22.8 Å². The van der Waals surface area contributed by atoms with Crippen molar-refractivity contribution in [2.45, 2.75) is 6.54 Å². The van der Waals surface area contributed by atoms with Gasteiger partial charge in [0.25, 0.3) is 5.69 Å². The zero-order chi connectivity index (χ0) is 18.5. The highest BCUT2D eigenvalue weighted by Crippen LogP contribution is 2.29. The molecule has 0 unspecified atom stereocenters. The van der Waals surface area contributed by atoms with Gasteiger partial charge in [-0.1, -0.05) is 60.7 Å². The van der Waals surface area contributed by atoms with Crippen LogP contribution in [0.3, 0.4) is 0 Å². The molecule has 0 aromatic heterocycles. The molecule has 0 aliphatic rings. The average Bonchev–Trinajstić information content (AvgIpc) is 2.67. The van der Waals surface area contributed by atoms with Gasteiger partial charge in [-0.15, -0.1) is 0 Å². The fourth-order valence-electron chi connectivity index (χ4n) is 2.69. The molecule has 0 bridgehead atoms. The SMILES string of the molecule is O=C(O)c1cccc([N+](=O)[O-])c1NCc1ccc(-c2ccccc2)cc1. The Bertz CT molecular complexity index is 906. The van der Waals surface area contributed by atoms with Crippen LogP contribution in [0, 0.1) is 10.1 Å². The van der Waals surface area contributed by atoms with Gasteiger partial charge in [0.15, 0.2) is 0 Å². The van der Waals surface area contributed by atoms with E-state index in [2.05, 4.69) is 5.32 Å². The average molecular weight is 348 g/mol. The van der Waals surface area contributed by atoms with Gasteiger partial charge in [0.1, 0.15) is 5.69 Å².